The van der Waals surface area contributed by atoms with Crippen LogP contribution in [0.1, 0.15) is 37.7 Å². The summed E-state index contributed by atoms with van der Waals surface area (Å²) in [5, 5.41) is 2.91. The second kappa shape index (κ2) is 6.32. The normalized spacial score (nSPS) is 17.1. The number of carbonyl (C=O) groups excluding carboxylic acids is 1. The van der Waals surface area contributed by atoms with Crippen LogP contribution in [-0.4, -0.2) is 21.0 Å². The van der Waals surface area contributed by atoms with Crippen molar-refractivity contribution in [1.82, 2.24) is 9.55 Å². The van der Waals surface area contributed by atoms with E-state index in [4.69, 9.17) is 5.73 Å². The molecule has 116 valence electrons. The van der Waals surface area contributed by atoms with Crippen molar-refractivity contribution >= 4 is 11.9 Å². The van der Waals surface area contributed by atoms with Gasteiger partial charge in [0, 0.05) is 12.4 Å². The van der Waals surface area contributed by atoms with Gasteiger partial charge < -0.3 is 10.3 Å². The highest BCUT2D eigenvalue weighted by Gasteiger charge is 2.35. The fourth-order valence-electron chi connectivity index (χ4n) is 2.98. The van der Waals surface area contributed by atoms with E-state index in [0.29, 0.717) is 12.5 Å². The van der Waals surface area contributed by atoms with Gasteiger partial charge in [-0.05, 0) is 18.4 Å². The Balaban J connectivity index is 1.71. The third-order valence-corrected chi connectivity index (χ3v) is 4.33. The Morgan fingerprint density at radius 1 is 1.23 bits per heavy atom. The molecule has 22 heavy (non-hydrogen) atoms. The number of nitrogens with zero attached hydrogens (tertiary/aromatic N) is 2. The Hall–Kier alpha value is -2.14. The van der Waals surface area contributed by atoms with Crippen molar-refractivity contribution in [2.45, 2.75) is 44.2 Å². The predicted molar refractivity (Wildman–Crippen MR) is 86.4 cm³/mol. The first-order valence-corrected chi connectivity index (χ1v) is 7.83. The fraction of sp³-hybridized carbons (Fsp3) is 0.412. The van der Waals surface area contributed by atoms with Gasteiger partial charge in [0.05, 0.1) is 12.1 Å². The quantitative estimate of drug-likeness (QED) is 0.911. The zero-order chi connectivity index (χ0) is 15.4. The monoisotopic (exact) mass is 298 g/mol. The van der Waals surface area contributed by atoms with Crippen molar-refractivity contribution < 1.29 is 4.79 Å². The minimum atomic E-state index is -0.748. The van der Waals surface area contributed by atoms with Crippen LogP contribution in [0.5, 0.6) is 0 Å². The van der Waals surface area contributed by atoms with E-state index in [2.05, 4.69) is 22.4 Å². The van der Waals surface area contributed by atoms with E-state index in [0.717, 1.165) is 37.7 Å². The topological polar surface area (TPSA) is 72.9 Å². The van der Waals surface area contributed by atoms with Gasteiger partial charge >= 0.3 is 0 Å². The smallest absolute Gasteiger partial charge is 0.246 e. The van der Waals surface area contributed by atoms with Crippen molar-refractivity contribution in [1.29, 1.82) is 0 Å². The molecule has 1 heterocycles. The summed E-state index contributed by atoms with van der Waals surface area (Å²) in [5.74, 6) is 0.442. The van der Waals surface area contributed by atoms with Crippen LogP contribution < -0.4 is 11.1 Å². The van der Waals surface area contributed by atoms with Crippen LogP contribution in [0.2, 0.25) is 0 Å². The Bertz CT molecular complexity index is 629. The minimum Gasteiger partial charge on any atom is -0.317 e. The Kier molecular flexibility index (Phi) is 4.24. The first-order chi connectivity index (χ1) is 10.7. The maximum Gasteiger partial charge on any atom is 0.246 e. The number of hydrogen-bond acceptors (Lipinski definition) is 3. The summed E-state index contributed by atoms with van der Waals surface area (Å²) in [6.45, 7) is 0.675. The van der Waals surface area contributed by atoms with Crippen LogP contribution in [0.4, 0.5) is 5.95 Å². The van der Waals surface area contributed by atoms with Crippen LogP contribution in [0.3, 0.4) is 0 Å². The van der Waals surface area contributed by atoms with Gasteiger partial charge in [0.2, 0.25) is 11.9 Å². The third-order valence-electron chi connectivity index (χ3n) is 4.33. The van der Waals surface area contributed by atoms with Gasteiger partial charge in [-0.3, -0.25) is 10.1 Å². The zero-order valence-electron chi connectivity index (χ0n) is 12.7. The molecule has 5 heteroatoms. The Morgan fingerprint density at radius 3 is 2.68 bits per heavy atom. The molecule has 0 bridgehead atoms. The fourth-order valence-corrected chi connectivity index (χ4v) is 2.98. The van der Waals surface area contributed by atoms with Gasteiger partial charge in [-0.2, -0.15) is 0 Å². The first kappa shape index (κ1) is 14.8. The molecule has 1 amide bonds. The second-order valence-corrected chi connectivity index (χ2v) is 6.04. The molecule has 1 aromatic carbocycles. The van der Waals surface area contributed by atoms with Crippen molar-refractivity contribution in [3.05, 3.63) is 48.3 Å². The van der Waals surface area contributed by atoms with Crippen LogP contribution in [-0.2, 0) is 11.3 Å². The molecule has 1 fully saturated rings. The van der Waals surface area contributed by atoms with E-state index < -0.39 is 5.54 Å². The van der Waals surface area contributed by atoms with Gasteiger partial charge in [0.15, 0.2) is 0 Å². The number of rotatable bonds is 4. The lowest BCUT2D eigenvalue weighted by Crippen LogP contribution is -2.52. The number of amides is 1. The summed E-state index contributed by atoms with van der Waals surface area (Å²) in [7, 11) is 0. The highest BCUT2D eigenvalue weighted by Crippen LogP contribution is 2.27. The van der Waals surface area contributed by atoms with Crippen LogP contribution >= 0.6 is 0 Å². The van der Waals surface area contributed by atoms with Gasteiger partial charge in [-0.15, -0.1) is 0 Å². The summed E-state index contributed by atoms with van der Waals surface area (Å²) in [6.07, 6.45) is 8.26. The van der Waals surface area contributed by atoms with Crippen molar-refractivity contribution in [2.75, 3.05) is 5.32 Å². The van der Waals surface area contributed by atoms with Crippen LogP contribution in [0.15, 0.2) is 42.7 Å². The van der Waals surface area contributed by atoms with Crippen LogP contribution in [0.25, 0.3) is 0 Å². The molecular weight excluding hydrogens is 276 g/mol. The van der Waals surface area contributed by atoms with Crippen molar-refractivity contribution in [3.63, 3.8) is 0 Å². The summed E-state index contributed by atoms with van der Waals surface area (Å²) >= 11 is 0. The Labute approximate surface area is 130 Å². The number of imidazole rings is 1. The summed E-state index contributed by atoms with van der Waals surface area (Å²) in [4.78, 5) is 16.8. The lowest BCUT2D eigenvalue weighted by atomic mass is 9.82. The Morgan fingerprint density at radius 2 is 1.95 bits per heavy atom. The van der Waals surface area contributed by atoms with Gasteiger partial charge in [-0.25, -0.2) is 4.98 Å². The zero-order valence-corrected chi connectivity index (χ0v) is 12.7. The molecule has 0 radical (unpaired) electrons. The van der Waals surface area contributed by atoms with E-state index in [1.165, 1.54) is 0 Å². The molecule has 2 aromatic rings. The molecule has 0 spiro atoms. The van der Waals surface area contributed by atoms with Crippen LogP contribution in [0, 0.1) is 0 Å². The molecule has 0 atom stereocenters. The molecule has 3 N–H and O–H groups in total. The summed E-state index contributed by atoms with van der Waals surface area (Å²) in [5.41, 5.74) is 6.69. The van der Waals surface area contributed by atoms with Crippen molar-refractivity contribution in [2.24, 2.45) is 5.73 Å². The van der Waals surface area contributed by atoms with E-state index in [9.17, 15) is 4.79 Å². The lowest BCUT2D eigenvalue weighted by Gasteiger charge is -2.31. The SMILES string of the molecule is NC1(C(=O)Nc2nccn2Cc2ccccc2)CCCCC1. The molecule has 0 saturated heterocycles. The van der Waals surface area contributed by atoms with E-state index in [-0.39, 0.29) is 5.91 Å². The average Bonchev–Trinajstić information content (AvgIpc) is 2.96. The molecule has 5 nitrogen and oxygen atoms in total. The molecule has 3 rings (SSSR count). The van der Waals surface area contributed by atoms with Gasteiger partial charge in [0.25, 0.3) is 0 Å². The first-order valence-electron chi connectivity index (χ1n) is 7.83. The number of carbonyl (C=O) groups is 1. The molecule has 1 aliphatic rings. The number of aromatic nitrogens is 2. The summed E-state index contributed by atoms with van der Waals surface area (Å²) in [6, 6.07) is 10.1. The molecular formula is C17H22N4O. The number of anilines is 1. The number of hydrogen-bond donors (Lipinski definition) is 2. The van der Waals surface area contributed by atoms with Gasteiger partial charge in [0.1, 0.15) is 0 Å². The molecule has 1 aromatic heterocycles. The average molecular weight is 298 g/mol. The molecule has 0 unspecified atom stereocenters. The molecule has 0 aliphatic heterocycles. The van der Waals surface area contributed by atoms with E-state index in [1.54, 1.807) is 6.20 Å². The largest absolute Gasteiger partial charge is 0.317 e. The van der Waals surface area contributed by atoms with E-state index in [1.807, 2.05) is 29.0 Å². The van der Waals surface area contributed by atoms with Crippen molar-refractivity contribution in [3.8, 4) is 0 Å². The maximum atomic E-state index is 12.5. The minimum absolute atomic E-state index is 0.118. The summed E-state index contributed by atoms with van der Waals surface area (Å²) < 4.78 is 1.93. The predicted octanol–water partition coefficient (Wildman–Crippen LogP) is 2.53. The highest BCUT2D eigenvalue weighted by molar-refractivity contribution is 5.96. The molecule has 1 saturated carbocycles. The highest BCUT2D eigenvalue weighted by atomic mass is 16.2. The number of nitrogens with two attached hydrogens (primary N) is 1. The number of nitrogens with one attached hydrogen (secondary N) is 1. The standard InChI is InChI=1S/C17H22N4O/c18-17(9-5-2-6-10-17)15(22)20-16-19-11-12-21(16)13-14-7-3-1-4-8-14/h1,3-4,7-8,11-12H,2,5-6,9-10,13,18H2,(H,19,20,22). The molecule has 1 aliphatic carbocycles. The third kappa shape index (κ3) is 3.20. The number of benzene rings is 1. The second-order valence-electron chi connectivity index (χ2n) is 6.04. The lowest BCUT2D eigenvalue weighted by molar-refractivity contribution is -0.122. The maximum absolute atomic E-state index is 12.5. The van der Waals surface area contributed by atoms with Gasteiger partial charge in [-0.1, -0.05) is 49.6 Å². The van der Waals surface area contributed by atoms with E-state index >= 15 is 0 Å².